The third kappa shape index (κ3) is 4.03. The molecule has 1 heterocycles. The smallest absolute Gasteiger partial charge is 0.258 e. The molecule has 1 aromatic rings. The van der Waals surface area contributed by atoms with Gasteiger partial charge in [0.25, 0.3) is 5.56 Å². The van der Waals surface area contributed by atoms with Gasteiger partial charge in [0.15, 0.2) is 5.16 Å². The van der Waals surface area contributed by atoms with Crippen LogP contribution in [0.25, 0.3) is 0 Å². The van der Waals surface area contributed by atoms with Crippen LogP contribution < -0.4 is 5.56 Å². The second kappa shape index (κ2) is 7.43. The van der Waals surface area contributed by atoms with Gasteiger partial charge in [-0.15, -0.1) is 0 Å². The number of nitrogens with one attached hydrogen (secondary N) is 1. The van der Waals surface area contributed by atoms with Crippen LogP contribution in [0, 0.1) is 0 Å². The van der Waals surface area contributed by atoms with Gasteiger partial charge in [0.1, 0.15) is 0 Å². The lowest BCUT2D eigenvalue weighted by molar-refractivity contribution is 0.324. The van der Waals surface area contributed by atoms with Crippen molar-refractivity contribution in [1.82, 2.24) is 14.9 Å². The molecule has 0 bridgehead atoms. The van der Waals surface area contributed by atoms with Crippen molar-refractivity contribution in [2.75, 3.05) is 25.4 Å². The third-order valence-corrected chi connectivity index (χ3v) is 3.72. The van der Waals surface area contributed by atoms with Crippen LogP contribution in [0.5, 0.6) is 5.88 Å². The van der Waals surface area contributed by atoms with Crippen molar-refractivity contribution in [1.29, 1.82) is 0 Å². The molecule has 0 saturated carbocycles. The summed E-state index contributed by atoms with van der Waals surface area (Å²) in [6.45, 7) is 9.03. The Hall–Kier alpha value is -1.01. The molecule has 5 nitrogen and oxygen atoms in total. The summed E-state index contributed by atoms with van der Waals surface area (Å²) in [7, 11) is 0. The quantitative estimate of drug-likeness (QED) is 0.580. The summed E-state index contributed by atoms with van der Waals surface area (Å²) in [5.74, 6) is 0.696. The van der Waals surface area contributed by atoms with E-state index in [0.29, 0.717) is 17.1 Å². The molecular weight excluding hydrogens is 250 g/mol. The number of H-pyrrole nitrogens is 1. The van der Waals surface area contributed by atoms with Crippen molar-refractivity contribution < 1.29 is 5.11 Å². The number of aromatic amines is 1. The minimum atomic E-state index is -0.240. The van der Waals surface area contributed by atoms with Gasteiger partial charge in [-0.05, 0) is 19.5 Å². The average molecular weight is 271 g/mol. The maximum Gasteiger partial charge on any atom is 0.258 e. The monoisotopic (exact) mass is 271 g/mol. The molecule has 0 aliphatic heterocycles. The largest absolute Gasteiger partial charge is 0.493 e. The molecule has 2 N–H and O–H groups in total. The van der Waals surface area contributed by atoms with Crippen molar-refractivity contribution in [3.63, 3.8) is 0 Å². The van der Waals surface area contributed by atoms with Gasteiger partial charge in [-0.2, -0.15) is 4.98 Å². The number of rotatable bonds is 7. The summed E-state index contributed by atoms with van der Waals surface area (Å²) < 4.78 is 0. The van der Waals surface area contributed by atoms with Crippen molar-refractivity contribution in [3.05, 3.63) is 15.9 Å². The van der Waals surface area contributed by atoms with Crippen molar-refractivity contribution in [2.45, 2.75) is 32.3 Å². The first-order valence-corrected chi connectivity index (χ1v) is 7.28. The van der Waals surface area contributed by atoms with Crippen LogP contribution >= 0.6 is 11.8 Å². The molecule has 0 aliphatic rings. The van der Waals surface area contributed by atoms with E-state index >= 15 is 0 Å². The number of nitrogens with zero attached hydrogens (tertiary/aromatic N) is 2. The second-order valence-corrected chi connectivity index (χ2v) is 4.99. The van der Waals surface area contributed by atoms with Crippen LogP contribution in [0.15, 0.2) is 9.95 Å². The predicted molar refractivity (Wildman–Crippen MR) is 74.4 cm³/mol. The molecule has 0 aromatic carbocycles. The van der Waals surface area contributed by atoms with Crippen LogP contribution in [-0.2, 0) is 6.42 Å². The predicted octanol–water partition coefficient (Wildman–Crippen LogP) is 1.47. The fraction of sp³-hybridized carbons (Fsp3) is 0.667. The van der Waals surface area contributed by atoms with Crippen LogP contribution in [0.1, 0.15) is 26.3 Å². The van der Waals surface area contributed by atoms with Crippen LogP contribution in [0.4, 0.5) is 0 Å². The van der Waals surface area contributed by atoms with Crippen molar-refractivity contribution in [2.24, 2.45) is 0 Å². The number of hydrogen-bond donors (Lipinski definition) is 2. The Morgan fingerprint density at radius 3 is 2.50 bits per heavy atom. The zero-order chi connectivity index (χ0) is 13.5. The van der Waals surface area contributed by atoms with Crippen LogP contribution in [-0.4, -0.2) is 45.4 Å². The Morgan fingerprint density at radius 2 is 2.00 bits per heavy atom. The molecule has 0 aliphatic carbocycles. The standard InChI is InChI=1S/C12H21N3O2S/c1-4-9-10(16)13-12(14-11(9)17)18-8-7-15(5-2)6-3/h4-8H2,1-3H3,(H2,13,14,16,17). The number of hydrogen-bond acceptors (Lipinski definition) is 5. The lowest BCUT2D eigenvalue weighted by atomic mass is 10.2. The second-order valence-electron chi connectivity index (χ2n) is 3.90. The van der Waals surface area contributed by atoms with Gasteiger partial charge in [-0.1, -0.05) is 32.5 Å². The number of thioether (sulfide) groups is 1. The zero-order valence-corrected chi connectivity index (χ0v) is 12.0. The first-order valence-electron chi connectivity index (χ1n) is 6.29. The van der Waals surface area contributed by atoms with E-state index in [1.54, 1.807) is 0 Å². The Morgan fingerprint density at radius 1 is 1.33 bits per heavy atom. The molecule has 6 heteroatoms. The summed E-state index contributed by atoms with van der Waals surface area (Å²) in [6.07, 6.45) is 0.485. The lowest BCUT2D eigenvalue weighted by Gasteiger charge is -2.16. The van der Waals surface area contributed by atoms with E-state index in [9.17, 15) is 9.90 Å². The van der Waals surface area contributed by atoms with Gasteiger partial charge in [0, 0.05) is 12.3 Å². The summed E-state index contributed by atoms with van der Waals surface area (Å²) >= 11 is 1.46. The van der Waals surface area contributed by atoms with E-state index in [-0.39, 0.29) is 11.4 Å². The van der Waals surface area contributed by atoms with E-state index in [4.69, 9.17) is 0 Å². The zero-order valence-electron chi connectivity index (χ0n) is 11.2. The highest BCUT2D eigenvalue weighted by Crippen LogP contribution is 2.16. The fourth-order valence-corrected chi connectivity index (χ4v) is 2.52. The molecule has 1 rings (SSSR count). The molecule has 18 heavy (non-hydrogen) atoms. The van der Waals surface area contributed by atoms with Gasteiger partial charge >= 0.3 is 0 Å². The van der Waals surface area contributed by atoms with Crippen LogP contribution in [0.3, 0.4) is 0 Å². The maximum atomic E-state index is 11.6. The lowest BCUT2D eigenvalue weighted by Crippen LogP contribution is -2.25. The molecule has 0 radical (unpaired) electrons. The molecule has 0 amide bonds. The molecule has 102 valence electrons. The molecule has 1 aromatic heterocycles. The van der Waals surface area contributed by atoms with Crippen LogP contribution in [0.2, 0.25) is 0 Å². The highest BCUT2D eigenvalue weighted by molar-refractivity contribution is 7.99. The number of aromatic hydroxyl groups is 1. The highest BCUT2D eigenvalue weighted by atomic mass is 32.2. The summed E-state index contributed by atoms with van der Waals surface area (Å²) in [5.41, 5.74) is 0.110. The van der Waals surface area contributed by atoms with E-state index in [1.165, 1.54) is 11.8 Å². The van der Waals surface area contributed by atoms with Crippen molar-refractivity contribution in [3.8, 4) is 5.88 Å². The highest BCUT2D eigenvalue weighted by Gasteiger charge is 2.09. The average Bonchev–Trinajstić information content (AvgIpc) is 2.34. The van der Waals surface area contributed by atoms with E-state index in [1.807, 2.05) is 6.92 Å². The van der Waals surface area contributed by atoms with E-state index in [0.717, 1.165) is 25.4 Å². The first kappa shape index (κ1) is 15.0. The molecule has 0 fully saturated rings. The number of aromatic nitrogens is 2. The SMILES string of the molecule is CCc1c(O)nc(SCCN(CC)CC)[nH]c1=O. The van der Waals surface area contributed by atoms with Gasteiger partial charge in [-0.3, -0.25) is 4.79 Å². The topological polar surface area (TPSA) is 69.2 Å². The Kier molecular flexibility index (Phi) is 6.21. The minimum Gasteiger partial charge on any atom is -0.493 e. The third-order valence-electron chi connectivity index (χ3n) is 2.87. The molecule has 0 spiro atoms. The maximum absolute atomic E-state index is 11.6. The van der Waals surface area contributed by atoms with Gasteiger partial charge < -0.3 is 15.0 Å². The molecule has 0 saturated heterocycles. The Labute approximate surface area is 112 Å². The van der Waals surface area contributed by atoms with Gasteiger partial charge in [-0.25, -0.2) is 0 Å². The summed E-state index contributed by atoms with van der Waals surface area (Å²) in [4.78, 5) is 20.6. The Bertz CT molecular complexity index is 430. The van der Waals surface area contributed by atoms with E-state index < -0.39 is 0 Å². The van der Waals surface area contributed by atoms with E-state index in [2.05, 4.69) is 28.7 Å². The van der Waals surface area contributed by atoms with Gasteiger partial charge in [0.05, 0.1) is 5.56 Å². The summed E-state index contributed by atoms with van der Waals surface area (Å²) in [5, 5.41) is 10.1. The molecule has 0 unspecified atom stereocenters. The van der Waals surface area contributed by atoms with Crippen molar-refractivity contribution >= 4 is 11.8 Å². The first-order chi connectivity index (χ1) is 8.62. The molecular formula is C12H21N3O2S. The fourth-order valence-electron chi connectivity index (χ4n) is 1.66. The minimum absolute atomic E-state index is 0.147. The molecule has 0 atom stereocenters. The normalized spacial score (nSPS) is 11.1. The summed E-state index contributed by atoms with van der Waals surface area (Å²) in [6, 6.07) is 0. The van der Waals surface area contributed by atoms with Gasteiger partial charge in [0.2, 0.25) is 5.88 Å². The Balaban J connectivity index is 2.61.